The van der Waals surface area contributed by atoms with Crippen molar-refractivity contribution in [2.75, 3.05) is 38.1 Å². The van der Waals surface area contributed by atoms with Crippen LogP contribution in [0.1, 0.15) is 34.7 Å². The molecule has 1 atom stereocenters. The molecular weight excluding hydrogens is 321 g/mol. The molecule has 1 aromatic carbocycles. The summed E-state index contributed by atoms with van der Waals surface area (Å²) in [6, 6.07) is 3.17. The Labute approximate surface area is 146 Å². The van der Waals surface area contributed by atoms with Crippen LogP contribution in [-0.4, -0.2) is 44.9 Å². The zero-order chi connectivity index (χ0) is 17.6. The Morgan fingerprint density at radius 2 is 2.00 bits per heavy atom. The first kappa shape index (κ1) is 16.3. The summed E-state index contributed by atoms with van der Waals surface area (Å²) in [7, 11) is 1.51. The highest BCUT2D eigenvalue weighted by Crippen LogP contribution is 2.48. The molecule has 1 unspecified atom stereocenters. The van der Waals surface area contributed by atoms with Gasteiger partial charge in [0.2, 0.25) is 0 Å². The Balaban J connectivity index is 1.78. The van der Waals surface area contributed by atoms with Gasteiger partial charge in [0, 0.05) is 44.7 Å². The lowest BCUT2D eigenvalue weighted by Gasteiger charge is -2.32. The van der Waals surface area contributed by atoms with Crippen molar-refractivity contribution in [1.29, 1.82) is 0 Å². The van der Waals surface area contributed by atoms with Crippen LogP contribution < -0.4 is 15.5 Å². The first-order valence-corrected chi connectivity index (χ1v) is 8.88. The number of hydrogen-bond acceptors (Lipinski definition) is 4. The minimum absolute atomic E-state index is 0.0160. The maximum absolute atomic E-state index is 14.8. The van der Waals surface area contributed by atoms with Crippen molar-refractivity contribution in [3.05, 3.63) is 40.7 Å². The Hall–Kier alpha value is -2.21. The van der Waals surface area contributed by atoms with Gasteiger partial charge in [-0.3, -0.25) is 9.59 Å². The number of hydrogen-bond donors (Lipinski definition) is 2. The van der Waals surface area contributed by atoms with Crippen LogP contribution in [-0.2, 0) is 4.79 Å². The van der Waals surface area contributed by atoms with Crippen molar-refractivity contribution in [2.45, 2.75) is 18.8 Å². The SMILES string of the molecule is CNC(=O)C1=CC(C2CC2)c2cc(N3CCNCC3)c(F)cc2C1=O. The second-order valence-electron chi connectivity index (χ2n) is 6.98. The van der Waals surface area contributed by atoms with Gasteiger partial charge in [0.25, 0.3) is 5.91 Å². The van der Waals surface area contributed by atoms with Gasteiger partial charge in [-0.2, -0.15) is 0 Å². The number of fused-ring (bicyclic) bond motifs is 1. The summed E-state index contributed by atoms with van der Waals surface area (Å²) < 4.78 is 14.8. The number of carbonyl (C=O) groups excluding carboxylic acids is 2. The van der Waals surface area contributed by atoms with Crippen molar-refractivity contribution >= 4 is 17.4 Å². The van der Waals surface area contributed by atoms with Crippen LogP contribution in [0.5, 0.6) is 0 Å². The molecule has 2 fully saturated rings. The number of rotatable bonds is 3. The molecule has 0 bridgehead atoms. The third kappa shape index (κ3) is 2.84. The van der Waals surface area contributed by atoms with Crippen molar-refractivity contribution in [3.8, 4) is 0 Å². The summed E-state index contributed by atoms with van der Waals surface area (Å²) in [4.78, 5) is 26.8. The largest absolute Gasteiger partial charge is 0.367 e. The molecule has 25 heavy (non-hydrogen) atoms. The standard InChI is InChI=1S/C19H22FN3O2/c1-21-19(25)15-8-12(11-2-3-11)13-10-17(23-6-4-22-5-7-23)16(20)9-14(13)18(15)24/h8-12,22H,2-7H2,1H3,(H,21,25). The summed E-state index contributed by atoms with van der Waals surface area (Å²) in [5.41, 5.74) is 1.92. The molecule has 4 rings (SSSR count). The van der Waals surface area contributed by atoms with E-state index in [0.717, 1.165) is 44.6 Å². The summed E-state index contributed by atoms with van der Waals surface area (Å²) in [5, 5.41) is 5.78. The van der Waals surface area contributed by atoms with Crippen LogP contribution in [0.3, 0.4) is 0 Å². The number of halogens is 1. The third-order valence-electron chi connectivity index (χ3n) is 5.37. The topological polar surface area (TPSA) is 61.4 Å². The molecule has 1 aromatic rings. The number of nitrogens with one attached hydrogen (secondary N) is 2. The Morgan fingerprint density at radius 1 is 1.28 bits per heavy atom. The maximum atomic E-state index is 14.8. The Kier molecular flexibility index (Phi) is 4.07. The van der Waals surface area contributed by atoms with Crippen LogP contribution in [0, 0.1) is 11.7 Å². The molecular formula is C19H22FN3O2. The molecule has 5 nitrogen and oxygen atoms in total. The quantitative estimate of drug-likeness (QED) is 0.819. The summed E-state index contributed by atoms with van der Waals surface area (Å²) in [6.07, 6.45) is 3.95. The number of anilines is 1. The van der Waals surface area contributed by atoms with E-state index in [2.05, 4.69) is 10.6 Å². The van der Waals surface area contributed by atoms with Gasteiger partial charge >= 0.3 is 0 Å². The highest BCUT2D eigenvalue weighted by Gasteiger charge is 2.39. The summed E-state index contributed by atoms with van der Waals surface area (Å²) in [6.45, 7) is 3.14. The smallest absolute Gasteiger partial charge is 0.254 e. The molecule has 0 aromatic heterocycles. The average Bonchev–Trinajstić information content (AvgIpc) is 3.47. The summed E-state index contributed by atoms with van der Waals surface area (Å²) in [5.74, 6) is -0.707. The first-order valence-electron chi connectivity index (χ1n) is 8.88. The predicted molar refractivity (Wildman–Crippen MR) is 93.4 cm³/mol. The maximum Gasteiger partial charge on any atom is 0.254 e. The van der Waals surface area contributed by atoms with Gasteiger partial charge < -0.3 is 15.5 Å². The van der Waals surface area contributed by atoms with Crippen LogP contribution in [0.2, 0.25) is 0 Å². The predicted octanol–water partition coefficient (Wildman–Crippen LogP) is 1.60. The minimum atomic E-state index is -0.395. The van der Waals surface area contributed by atoms with Gasteiger partial charge in [0.15, 0.2) is 5.78 Å². The second-order valence-corrected chi connectivity index (χ2v) is 6.98. The molecule has 1 saturated carbocycles. The Morgan fingerprint density at radius 3 is 2.64 bits per heavy atom. The van der Waals surface area contributed by atoms with Gasteiger partial charge in [-0.1, -0.05) is 6.08 Å². The fourth-order valence-corrected chi connectivity index (χ4v) is 3.85. The molecule has 6 heteroatoms. The lowest BCUT2D eigenvalue weighted by molar-refractivity contribution is -0.116. The highest BCUT2D eigenvalue weighted by atomic mass is 19.1. The monoisotopic (exact) mass is 343 g/mol. The molecule has 1 saturated heterocycles. The molecule has 1 heterocycles. The Bertz CT molecular complexity index is 764. The molecule has 3 aliphatic rings. The third-order valence-corrected chi connectivity index (χ3v) is 5.37. The zero-order valence-electron chi connectivity index (χ0n) is 14.3. The number of ketones is 1. The highest BCUT2D eigenvalue weighted by molar-refractivity contribution is 6.27. The minimum Gasteiger partial charge on any atom is -0.367 e. The molecule has 132 valence electrons. The lowest BCUT2D eigenvalue weighted by atomic mass is 9.80. The molecule has 0 spiro atoms. The van der Waals surface area contributed by atoms with E-state index in [1.54, 1.807) is 6.08 Å². The number of benzene rings is 1. The number of likely N-dealkylation sites (N-methyl/N-ethyl adjacent to an activating group) is 1. The van der Waals surface area contributed by atoms with E-state index in [1.165, 1.54) is 13.1 Å². The molecule has 0 radical (unpaired) electrons. The van der Waals surface area contributed by atoms with E-state index < -0.39 is 5.91 Å². The fourth-order valence-electron chi connectivity index (χ4n) is 3.85. The van der Waals surface area contributed by atoms with Crippen LogP contribution in [0.15, 0.2) is 23.8 Å². The van der Waals surface area contributed by atoms with Gasteiger partial charge in [0.05, 0.1) is 11.3 Å². The van der Waals surface area contributed by atoms with Crippen molar-refractivity contribution in [2.24, 2.45) is 5.92 Å². The lowest BCUT2D eigenvalue weighted by Crippen LogP contribution is -2.44. The van der Waals surface area contributed by atoms with Crippen LogP contribution in [0.4, 0.5) is 10.1 Å². The molecule has 1 amide bonds. The van der Waals surface area contributed by atoms with E-state index >= 15 is 0 Å². The summed E-state index contributed by atoms with van der Waals surface area (Å²) >= 11 is 0. The first-order chi connectivity index (χ1) is 12.1. The van der Waals surface area contributed by atoms with Gasteiger partial charge in [-0.25, -0.2) is 4.39 Å². The second kappa shape index (κ2) is 6.26. The van der Waals surface area contributed by atoms with Crippen LogP contribution >= 0.6 is 0 Å². The molecule has 1 aliphatic heterocycles. The van der Waals surface area contributed by atoms with Gasteiger partial charge in [-0.15, -0.1) is 0 Å². The molecule has 2 N–H and O–H groups in total. The number of piperazine rings is 1. The van der Waals surface area contributed by atoms with Gasteiger partial charge in [0.1, 0.15) is 5.82 Å². The number of nitrogens with zero attached hydrogens (tertiary/aromatic N) is 1. The van der Waals surface area contributed by atoms with E-state index in [-0.39, 0.29) is 23.1 Å². The zero-order valence-corrected chi connectivity index (χ0v) is 14.3. The number of carbonyl (C=O) groups is 2. The normalized spacial score (nSPS) is 23.1. The van der Waals surface area contributed by atoms with Crippen LogP contribution in [0.25, 0.3) is 0 Å². The van der Waals surface area contributed by atoms with E-state index in [1.807, 2.05) is 11.0 Å². The van der Waals surface area contributed by atoms with E-state index in [0.29, 0.717) is 17.2 Å². The van der Waals surface area contributed by atoms with E-state index in [4.69, 9.17) is 0 Å². The van der Waals surface area contributed by atoms with Crippen molar-refractivity contribution in [3.63, 3.8) is 0 Å². The van der Waals surface area contributed by atoms with Crippen molar-refractivity contribution < 1.29 is 14.0 Å². The van der Waals surface area contributed by atoms with Crippen molar-refractivity contribution in [1.82, 2.24) is 10.6 Å². The average molecular weight is 343 g/mol. The number of amides is 1. The van der Waals surface area contributed by atoms with Gasteiger partial charge in [-0.05, 0) is 36.5 Å². The fraction of sp³-hybridized carbons (Fsp3) is 0.474. The number of allylic oxidation sites excluding steroid dienone is 1. The number of Topliss-reactive ketones (excluding diaryl/α,β-unsaturated/α-hetero) is 1. The molecule has 2 aliphatic carbocycles. The van der Waals surface area contributed by atoms with E-state index in [9.17, 15) is 14.0 Å².